The fourth-order valence-corrected chi connectivity index (χ4v) is 1.95. The number of nitrogens with zero attached hydrogens (tertiary/aromatic N) is 2. The summed E-state index contributed by atoms with van der Waals surface area (Å²) in [4.78, 5) is 14.4. The molecule has 0 saturated carbocycles. The molecule has 3 nitrogen and oxygen atoms in total. The Bertz CT molecular complexity index is 264. The molecule has 0 aromatic rings. The monoisotopic (exact) mass is 248 g/mol. The first-order valence-electron chi connectivity index (χ1n) is 6.06. The Labute approximate surface area is 102 Å². The van der Waals surface area contributed by atoms with Gasteiger partial charge in [0, 0.05) is 31.6 Å². The molecule has 0 aromatic carbocycles. The van der Waals surface area contributed by atoms with Crippen molar-refractivity contribution in [3.05, 3.63) is 0 Å². The highest BCUT2D eigenvalue weighted by molar-refractivity contribution is 5.46. The number of carbonyl (C=O) groups is 1. The molecule has 0 unspecified atom stereocenters. The summed E-state index contributed by atoms with van der Waals surface area (Å²) >= 11 is 0. The fraction of sp³-hybridized carbons (Fsp3) is 0.917. The van der Waals surface area contributed by atoms with Gasteiger partial charge in [-0.2, -0.15) is 0 Å². The molecule has 0 atom stereocenters. The van der Waals surface area contributed by atoms with Gasteiger partial charge in [0.1, 0.15) is 0 Å². The molecule has 1 heterocycles. The van der Waals surface area contributed by atoms with Crippen molar-refractivity contribution in [3.8, 4) is 0 Å². The van der Waals surface area contributed by atoms with Crippen LogP contribution in [0.1, 0.15) is 27.2 Å². The van der Waals surface area contributed by atoms with Gasteiger partial charge in [-0.25, -0.2) is 8.78 Å². The van der Waals surface area contributed by atoms with Gasteiger partial charge in [0.2, 0.25) is 6.41 Å². The van der Waals surface area contributed by atoms with Gasteiger partial charge in [-0.1, -0.05) is 13.8 Å². The zero-order valence-corrected chi connectivity index (χ0v) is 10.9. The van der Waals surface area contributed by atoms with Crippen LogP contribution in [-0.4, -0.2) is 54.9 Å². The minimum absolute atomic E-state index is 0.364. The maximum Gasteiger partial charge on any atom is 0.251 e. The van der Waals surface area contributed by atoms with Crippen molar-refractivity contribution in [1.29, 1.82) is 0 Å². The molecule has 1 aliphatic rings. The molecule has 1 saturated heterocycles. The summed E-state index contributed by atoms with van der Waals surface area (Å²) in [5, 5.41) is 0. The molecule has 17 heavy (non-hydrogen) atoms. The topological polar surface area (TPSA) is 23.6 Å². The molecular formula is C12H22F2N2O. The van der Waals surface area contributed by atoms with E-state index in [1.807, 2.05) is 4.90 Å². The number of amides is 1. The summed E-state index contributed by atoms with van der Waals surface area (Å²) in [6.07, 6.45) is 1.69. The Morgan fingerprint density at radius 1 is 1.12 bits per heavy atom. The first-order valence-corrected chi connectivity index (χ1v) is 6.06. The average molecular weight is 248 g/mol. The largest absolute Gasteiger partial charge is 0.344 e. The van der Waals surface area contributed by atoms with Crippen molar-refractivity contribution in [3.63, 3.8) is 0 Å². The molecule has 0 radical (unpaired) electrons. The van der Waals surface area contributed by atoms with E-state index in [1.165, 1.54) is 0 Å². The van der Waals surface area contributed by atoms with E-state index in [0.29, 0.717) is 19.6 Å². The third kappa shape index (κ3) is 3.91. The second-order valence-corrected chi connectivity index (χ2v) is 5.54. The van der Waals surface area contributed by atoms with E-state index in [1.54, 1.807) is 18.7 Å². The standard InChI is InChI=1S/C12H22F2N2O/c1-11(2,12(3,13)14)9-15-5-4-6-16(10-17)8-7-15/h10H,4-9H2,1-3H3. The van der Waals surface area contributed by atoms with Crippen LogP contribution in [0.25, 0.3) is 0 Å². The van der Waals surface area contributed by atoms with Crippen LogP contribution < -0.4 is 0 Å². The molecule has 1 amide bonds. The van der Waals surface area contributed by atoms with Crippen LogP contribution in [0.4, 0.5) is 8.78 Å². The molecule has 1 aliphatic heterocycles. The van der Waals surface area contributed by atoms with Crippen molar-refractivity contribution in [2.45, 2.75) is 33.1 Å². The van der Waals surface area contributed by atoms with Gasteiger partial charge in [-0.05, 0) is 19.9 Å². The summed E-state index contributed by atoms with van der Waals surface area (Å²) in [6, 6.07) is 0. The first kappa shape index (κ1) is 14.4. The highest BCUT2D eigenvalue weighted by atomic mass is 19.3. The molecule has 0 bridgehead atoms. The second-order valence-electron chi connectivity index (χ2n) is 5.54. The van der Waals surface area contributed by atoms with E-state index in [0.717, 1.165) is 32.8 Å². The lowest BCUT2D eigenvalue weighted by Gasteiger charge is -2.36. The Balaban J connectivity index is 2.55. The maximum absolute atomic E-state index is 13.4. The van der Waals surface area contributed by atoms with Crippen LogP contribution in [0.5, 0.6) is 0 Å². The molecule has 0 spiro atoms. The second kappa shape index (κ2) is 5.29. The first-order chi connectivity index (χ1) is 7.76. The normalized spacial score (nSPS) is 20.2. The molecule has 5 heteroatoms. The van der Waals surface area contributed by atoms with Crippen molar-refractivity contribution in [2.75, 3.05) is 32.7 Å². The number of hydrogen-bond donors (Lipinski definition) is 0. The minimum Gasteiger partial charge on any atom is -0.344 e. The highest BCUT2D eigenvalue weighted by Crippen LogP contribution is 2.36. The van der Waals surface area contributed by atoms with E-state index < -0.39 is 11.3 Å². The van der Waals surface area contributed by atoms with Gasteiger partial charge < -0.3 is 9.80 Å². The minimum atomic E-state index is -2.69. The predicted molar refractivity (Wildman–Crippen MR) is 63.1 cm³/mol. The summed E-state index contributed by atoms with van der Waals surface area (Å²) in [5.74, 6) is -2.69. The third-order valence-electron chi connectivity index (χ3n) is 3.58. The number of alkyl halides is 2. The van der Waals surface area contributed by atoms with Gasteiger partial charge in [0.05, 0.1) is 0 Å². The van der Waals surface area contributed by atoms with Crippen LogP contribution >= 0.6 is 0 Å². The molecule has 0 aromatic heterocycles. The van der Waals surface area contributed by atoms with Crippen LogP contribution in [0.2, 0.25) is 0 Å². The number of hydrogen-bond acceptors (Lipinski definition) is 2. The van der Waals surface area contributed by atoms with E-state index in [9.17, 15) is 13.6 Å². The van der Waals surface area contributed by atoms with Gasteiger partial charge in [0.25, 0.3) is 5.92 Å². The zero-order chi connectivity index (χ0) is 13.1. The Hall–Kier alpha value is -0.710. The molecule has 1 fully saturated rings. The van der Waals surface area contributed by atoms with Crippen molar-refractivity contribution >= 4 is 6.41 Å². The SMILES string of the molecule is CC(F)(F)C(C)(C)CN1CCCN(C=O)CC1. The Morgan fingerprint density at radius 3 is 2.29 bits per heavy atom. The van der Waals surface area contributed by atoms with E-state index >= 15 is 0 Å². The smallest absolute Gasteiger partial charge is 0.251 e. The summed E-state index contributed by atoms with van der Waals surface area (Å²) in [5.41, 5.74) is -1.04. The van der Waals surface area contributed by atoms with Crippen LogP contribution in [0.15, 0.2) is 0 Å². The average Bonchev–Trinajstić information content (AvgIpc) is 2.40. The summed E-state index contributed by atoms with van der Waals surface area (Å²) < 4.78 is 26.8. The molecule has 0 N–H and O–H groups in total. The van der Waals surface area contributed by atoms with Gasteiger partial charge >= 0.3 is 0 Å². The number of halogens is 2. The zero-order valence-electron chi connectivity index (χ0n) is 10.9. The number of rotatable bonds is 4. The lowest BCUT2D eigenvalue weighted by atomic mass is 9.86. The van der Waals surface area contributed by atoms with Crippen LogP contribution in [0, 0.1) is 5.41 Å². The van der Waals surface area contributed by atoms with Crippen molar-refractivity contribution in [2.24, 2.45) is 5.41 Å². The molecule has 100 valence electrons. The Kier molecular flexibility index (Phi) is 4.47. The lowest BCUT2D eigenvalue weighted by molar-refractivity contribution is -0.118. The third-order valence-corrected chi connectivity index (χ3v) is 3.58. The van der Waals surface area contributed by atoms with Crippen LogP contribution in [0.3, 0.4) is 0 Å². The summed E-state index contributed by atoms with van der Waals surface area (Å²) in [6.45, 7) is 7.34. The maximum atomic E-state index is 13.4. The molecule has 0 aliphatic carbocycles. The van der Waals surface area contributed by atoms with E-state index in [-0.39, 0.29) is 0 Å². The molecule has 1 rings (SSSR count). The fourth-order valence-electron chi connectivity index (χ4n) is 1.95. The van der Waals surface area contributed by atoms with Gasteiger partial charge in [-0.3, -0.25) is 4.79 Å². The quantitative estimate of drug-likeness (QED) is 0.709. The predicted octanol–water partition coefficient (Wildman–Crippen LogP) is 1.83. The summed E-state index contributed by atoms with van der Waals surface area (Å²) in [7, 11) is 0. The number of carbonyl (C=O) groups excluding carboxylic acids is 1. The van der Waals surface area contributed by atoms with E-state index in [4.69, 9.17) is 0 Å². The van der Waals surface area contributed by atoms with Crippen LogP contribution in [-0.2, 0) is 4.79 Å². The molecular weight excluding hydrogens is 226 g/mol. The van der Waals surface area contributed by atoms with Gasteiger partial charge in [-0.15, -0.1) is 0 Å². The van der Waals surface area contributed by atoms with Crippen molar-refractivity contribution in [1.82, 2.24) is 9.80 Å². The van der Waals surface area contributed by atoms with E-state index in [2.05, 4.69) is 0 Å². The lowest BCUT2D eigenvalue weighted by Crippen LogP contribution is -2.45. The Morgan fingerprint density at radius 2 is 1.76 bits per heavy atom. The van der Waals surface area contributed by atoms with Gasteiger partial charge in [0.15, 0.2) is 0 Å². The highest BCUT2D eigenvalue weighted by Gasteiger charge is 2.42. The van der Waals surface area contributed by atoms with Crippen molar-refractivity contribution < 1.29 is 13.6 Å².